The normalized spacial score (nSPS) is 31.8. The molecular weight excluding hydrogens is 226 g/mol. The Morgan fingerprint density at radius 1 is 1.31 bits per heavy atom. The van der Waals surface area contributed by atoms with Crippen molar-refractivity contribution in [1.82, 2.24) is 4.90 Å². The average molecular weight is 243 g/mol. The molecule has 1 saturated carbocycles. The summed E-state index contributed by atoms with van der Waals surface area (Å²) in [5.41, 5.74) is 0. The highest BCUT2D eigenvalue weighted by molar-refractivity contribution is 7.99. The molecule has 0 spiro atoms. The Labute approximate surface area is 99.7 Å². The van der Waals surface area contributed by atoms with Gasteiger partial charge >= 0.3 is 11.9 Å². The molecule has 0 aromatic carbocycles. The molecule has 1 heterocycles. The van der Waals surface area contributed by atoms with Gasteiger partial charge in [0.2, 0.25) is 0 Å². The van der Waals surface area contributed by atoms with E-state index < -0.39 is 11.9 Å². The van der Waals surface area contributed by atoms with Crippen LogP contribution in [-0.4, -0.2) is 47.0 Å². The van der Waals surface area contributed by atoms with Crippen molar-refractivity contribution in [3.05, 3.63) is 0 Å². The second kappa shape index (κ2) is 5.19. The number of hydrogen-bond donors (Lipinski definition) is 0. The van der Waals surface area contributed by atoms with Gasteiger partial charge in [-0.05, 0) is 25.0 Å². The van der Waals surface area contributed by atoms with Gasteiger partial charge < -0.3 is 4.74 Å². The first-order chi connectivity index (χ1) is 7.69. The maximum Gasteiger partial charge on any atom is 0.327 e. The summed E-state index contributed by atoms with van der Waals surface area (Å²) in [6, 6.07) is 0.390. The van der Waals surface area contributed by atoms with Crippen LogP contribution < -0.4 is 0 Å². The Bertz CT molecular complexity index is 279. The smallest absolute Gasteiger partial charge is 0.327 e. The minimum Gasteiger partial charge on any atom is -0.391 e. The zero-order valence-corrected chi connectivity index (χ0v) is 10.3. The molecule has 2 atom stereocenters. The molecule has 2 aliphatic rings. The molecule has 2 rings (SSSR count). The highest BCUT2D eigenvalue weighted by Gasteiger charge is 2.34. The molecule has 1 saturated heterocycles. The summed E-state index contributed by atoms with van der Waals surface area (Å²) in [5, 5.41) is 0.697. The molecule has 1 aliphatic heterocycles. The third-order valence-corrected chi connectivity index (χ3v) is 4.40. The summed E-state index contributed by atoms with van der Waals surface area (Å²) in [5.74, 6) is 0.337. The van der Waals surface area contributed by atoms with Gasteiger partial charge in [-0.25, -0.2) is 0 Å². The van der Waals surface area contributed by atoms with Crippen molar-refractivity contribution in [2.24, 2.45) is 0 Å². The lowest BCUT2D eigenvalue weighted by Crippen LogP contribution is -2.47. The summed E-state index contributed by atoms with van der Waals surface area (Å²) < 4.78 is 4.53. The quantitative estimate of drug-likeness (QED) is 0.547. The first-order valence-corrected chi connectivity index (χ1v) is 6.83. The van der Waals surface area contributed by atoms with E-state index in [9.17, 15) is 9.59 Å². The predicted molar refractivity (Wildman–Crippen MR) is 62.2 cm³/mol. The predicted octanol–water partition coefficient (Wildman–Crippen LogP) is 1.05. The van der Waals surface area contributed by atoms with E-state index in [4.69, 9.17) is 0 Å². The van der Waals surface area contributed by atoms with Crippen LogP contribution in [0.4, 0.5) is 0 Å². The average Bonchev–Trinajstić information content (AvgIpc) is 2.65. The van der Waals surface area contributed by atoms with Crippen molar-refractivity contribution in [2.45, 2.75) is 37.5 Å². The molecule has 0 amide bonds. The van der Waals surface area contributed by atoms with E-state index in [0.717, 1.165) is 18.6 Å². The van der Waals surface area contributed by atoms with Crippen molar-refractivity contribution >= 4 is 23.7 Å². The van der Waals surface area contributed by atoms with Gasteiger partial charge in [0.25, 0.3) is 0 Å². The summed E-state index contributed by atoms with van der Waals surface area (Å²) >= 11 is 1.98. The molecule has 5 heteroatoms. The second-order valence-electron chi connectivity index (χ2n) is 4.30. The van der Waals surface area contributed by atoms with Crippen LogP contribution in [0.25, 0.3) is 0 Å². The highest BCUT2D eigenvalue weighted by atomic mass is 32.2. The SMILES string of the molecule is CCSC1CCC(N2CC(=O)OC(=O)C2)C1. The summed E-state index contributed by atoms with van der Waals surface area (Å²) in [7, 11) is 0. The van der Waals surface area contributed by atoms with Gasteiger partial charge in [0.1, 0.15) is 0 Å². The Morgan fingerprint density at radius 3 is 2.62 bits per heavy atom. The fourth-order valence-corrected chi connectivity index (χ4v) is 3.61. The van der Waals surface area contributed by atoms with E-state index >= 15 is 0 Å². The van der Waals surface area contributed by atoms with Crippen molar-refractivity contribution < 1.29 is 14.3 Å². The van der Waals surface area contributed by atoms with Crippen LogP contribution in [0.2, 0.25) is 0 Å². The van der Waals surface area contributed by atoms with E-state index in [1.54, 1.807) is 0 Å². The molecular formula is C11H17NO3S. The number of esters is 2. The Morgan fingerprint density at radius 2 is 2.00 bits per heavy atom. The Balaban J connectivity index is 1.88. The minimum absolute atomic E-state index is 0.278. The lowest BCUT2D eigenvalue weighted by molar-refractivity contribution is -0.167. The van der Waals surface area contributed by atoms with Crippen LogP contribution in [0.15, 0.2) is 0 Å². The minimum atomic E-state index is -0.400. The maximum atomic E-state index is 11.2. The van der Waals surface area contributed by atoms with E-state index in [2.05, 4.69) is 11.7 Å². The Hall–Kier alpha value is -0.550. The first kappa shape index (κ1) is 11.9. The van der Waals surface area contributed by atoms with Gasteiger partial charge in [-0.1, -0.05) is 6.92 Å². The highest BCUT2D eigenvalue weighted by Crippen LogP contribution is 2.32. The standard InChI is InChI=1S/C11H17NO3S/c1-2-16-9-4-3-8(5-9)12-6-10(13)15-11(14)7-12/h8-9H,2-7H2,1H3. The van der Waals surface area contributed by atoms with Crippen LogP contribution in [0, 0.1) is 0 Å². The van der Waals surface area contributed by atoms with Crippen LogP contribution >= 0.6 is 11.8 Å². The van der Waals surface area contributed by atoms with Gasteiger partial charge in [0.15, 0.2) is 0 Å². The van der Waals surface area contributed by atoms with E-state index in [1.807, 2.05) is 16.7 Å². The third-order valence-electron chi connectivity index (χ3n) is 3.17. The molecule has 0 bridgehead atoms. The van der Waals surface area contributed by atoms with Crippen LogP contribution in [0.1, 0.15) is 26.2 Å². The van der Waals surface area contributed by atoms with Gasteiger partial charge in [-0.2, -0.15) is 11.8 Å². The lowest BCUT2D eigenvalue weighted by atomic mass is 10.2. The monoisotopic (exact) mass is 243 g/mol. The number of cyclic esters (lactones) is 2. The van der Waals surface area contributed by atoms with Crippen molar-refractivity contribution in [3.8, 4) is 0 Å². The molecule has 4 nitrogen and oxygen atoms in total. The van der Waals surface area contributed by atoms with Crippen molar-refractivity contribution in [3.63, 3.8) is 0 Å². The fourth-order valence-electron chi connectivity index (χ4n) is 2.47. The first-order valence-electron chi connectivity index (χ1n) is 5.78. The molecule has 0 aromatic heterocycles. The number of carbonyl (C=O) groups excluding carboxylic acids is 2. The number of nitrogens with zero attached hydrogens (tertiary/aromatic N) is 1. The van der Waals surface area contributed by atoms with Crippen LogP contribution in [0.3, 0.4) is 0 Å². The van der Waals surface area contributed by atoms with Crippen LogP contribution in [0.5, 0.6) is 0 Å². The maximum absolute atomic E-state index is 11.2. The zero-order chi connectivity index (χ0) is 11.5. The summed E-state index contributed by atoms with van der Waals surface area (Å²) in [6.07, 6.45) is 3.39. The molecule has 2 fully saturated rings. The number of carbonyl (C=O) groups is 2. The summed E-state index contributed by atoms with van der Waals surface area (Å²) in [6.45, 7) is 2.72. The van der Waals surface area contributed by atoms with E-state index in [0.29, 0.717) is 11.3 Å². The van der Waals surface area contributed by atoms with Gasteiger partial charge in [-0.3, -0.25) is 14.5 Å². The van der Waals surface area contributed by atoms with Crippen LogP contribution in [-0.2, 0) is 14.3 Å². The van der Waals surface area contributed by atoms with E-state index in [-0.39, 0.29) is 13.1 Å². The second-order valence-corrected chi connectivity index (χ2v) is 5.87. The number of thioether (sulfide) groups is 1. The van der Waals surface area contributed by atoms with Gasteiger partial charge in [0, 0.05) is 11.3 Å². The van der Waals surface area contributed by atoms with E-state index in [1.165, 1.54) is 6.42 Å². The molecule has 0 radical (unpaired) electrons. The van der Waals surface area contributed by atoms with Crippen molar-refractivity contribution in [1.29, 1.82) is 0 Å². The number of rotatable bonds is 3. The third kappa shape index (κ3) is 2.77. The topological polar surface area (TPSA) is 46.6 Å². The molecule has 0 N–H and O–H groups in total. The molecule has 2 unspecified atom stereocenters. The lowest BCUT2D eigenvalue weighted by Gasteiger charge is -2.29. The van der Waals surface area contributed by atoms with Crippen molar-refractivity contribution in [2.75, 3.05) is 18.8 Å². The largest absolute Gasteiger partial charge is 0.391 e. The molecule has 16 heavy (non-hydrogen) atoms. The molecule has 1 aliphatic carbocycles. The Kier molecular flexibility index (Phi) is 3.86. The summed E-state index contributed by atoms with van der Waals surface area (Å²) in [4.78, 5) is 24.3. The molecule has 0 aromatic rings. The number of hydrogen-bond acceptors (Lipinski definition) is 5. The number of ether oxygens (including phenoxy) is 1. The van der Waals surface area contributed by atoms with Gasteiger partial charge in [0.05, 0.1) is 13.1 Å². The number of morpholine rings is 1. The zero-order valence-electron chi connectivity index (χ0n) is 9.48. The fraction of sp³-hybridized carbons (Fsp3) is 0.818. The van der Waals surface area contributed by atoms with Gasteiger partial charge in [-0.15, -0.1) is 0 Å². The molecule has 90 valence electrons.